The Morgan fingerprint density at radius 3 is 2.20 bits per heavy atom. The van der Waals surface area contributed by atoms with E-state index >= 15 is 0 Å². The third-order valence-corrected chi connectivity index (χ3v) is 4.40. The lowest BCUT2D eigenvalue weighted by Crippen LogP contribution is -2.51. The van der Waals surface area contributed by atoms with Gasteiger partial charge in [-0.05, 0) is 32.3 Å². The van der Waals surface area contributed by atoms with Crippen LogP contribution < -0.4 is 5.32 Å². The Morgan fingerprint density at radius 2 is 1.70 bits per heavy atom. The molecule has 0 spiro atoms. The zero-order chi connectivity index (χ0) is 14.6. The number of carboxylic acids is 1. The molecule has 0 bridgehead atoms. The van der Waals surface area contributed by atoms with Gasteiger partial charge in [0.05, 0.1) is 0 Å². The first-order chi connectivity index (χ1) is 9.52. The number of aryl methyl sites for hydroxylation is 1. The first-order valence-electron chi connectivity index (χ1n) is 7.60. The number of benzene rings is 1. The summed E-state index contributed by atoms with van der Waals surface area (Å²) in [7, 11) is 0. The van der Waals surface area contributed by atoms with Gasteiger partial charge in [0.25, 0.3) is 0 Å². The lowest BCUT2D eigenvalue weighted by molar-refractivity contribution is -0.145. The molecular formula is C17H25NO2. The molecule has 2 N–H and O–H groups in total. The third kappa shape index (κ3) is 3.40. The van der Waals surface area contributed by atoms with Crippen LogP contribution in [0.5, 0.6) is 0 Å². The van der Waals surface area contributed by atoms with Crippen LogP contribution in [0.3, 0.4) is 0 Å². The van der Waals surface area contributed by atoms with Gasteiger partial charge in [-0.3, -0.25) is 5.32 Å². The van der Waals surface area contributed by atoms with Crippen molar-refractivity contribution >= 4 is 5.97 Å². The van der Waals surface area contributed by atoms with E-state index in [1.807, 2.05) is 31.2 Å². The maximum Gasteiger partial charge on any atom is 0.328 e. The average molecular weight is 275 g/mol. The molecule has 3 nitrogen and oxygen atoms in total. The van der Waals surface area contributed by atoms with Crippen LogP contribution in [0.15, 0.2) is 24.3 Å². The Kier molecular flexibility index (Phi) is 4.81. The highest BCUT2D eigenvalue weighted by molar-refractivity contribution is 5.80. The zero-order valence-electron chi connectivity index (χ0n) is 12.5. The van der Waals surface area contributed by atoms with Crippen LogP contribution in [0.1, 0.15) is 56.6 Å². The molecule has 2 rings (SSSR count). The first kappa shape index (κ1) is 15.0. The van der Waals surface area contributed by atoms with E-state index in [4.69, 9.17) is 0 Å². The van der Waals surface area contributed by atoms with Gasteiger partial charge in [0.1, 0.15) is 5.54 Å². The molecule has 0 saturated heterocycles. The number of carboxylic acid groups (broad SMARTS) is 1. The minimum atomic E-state index is -0.997. The van der Waals surface area contributed by atoms with Gasteiger partial charge in [0, 0.05) is 6.04 Å². The topological polar surface area (TPSA) is 49.3 Å². The molecule has 0 amide bonds. The zero-order valence-corrected chi connectivity index (χ0v) is 12.5. The Balaban J connectivity index is 2.20. The van der Waals surface area contributed by atoms with Crippen LogP contribution >= 0.6 is 0 Å². The molecule has 1 aliphatic carbocycles. The minimum absolute atomic E-state index is 0.305. The van der Waals surface area contributed by atoms with Crippen molar-refractivity contribution in [1.82, 2.24) is 5.32 Å². The number of aliphatic carboxylic acids is 1. The molecule has 0 aliphatic heterocycles. The highest BCUT2D eigenvalue weighted by Gasteiger charge is 2.37. The molecular weight excluding hydrogens is 250 g/mol. The Morgan fingerprint density at radius 1 is 1.15 bits per heavy atom. The van der Waals surface area contributed by atoms with E-state index in [1.165, 1.54) is 25.7 Å². The Bertz CT molecular complexity index is 447. The number of carbonyl (C=O) groups is 1. The van der Waals surface area contributed by atoms with Gasteiger partial charge in [0.2, 0.25) is 0 Å². The van der Waals surface area contributed by atoms with E-state index in [1.54, 1.807) is 6.92 Å². The lowest BCUT2D eigenvalue weighted by Gasteiger charge is -2.32. The molecule has 0 heterocycles. The normalized spacial score (nSPS) is 20.1. The summed E-state index contributed by atoms with van der Waals surface area (Å²) in [5.74, 6) is -0.800. The van der Waals surface area contributed by atoms with Crippen molar-refractivity contribution in [3.8, 4) is 0 Å². The van der Waals surface area contributed by atoms with Crippen LogP contribution in [0.2, 0.25) is 0 Å². The molecule has 1 saturated carbocycles. The highest BCUT2D eigenvalue weighted by atomic mass is 16.4. The molecule has 110 valence electrons. The summed E-state index contributed by atoms with van der Waals surface area (Å²) < 4.78 is 0. The van der Waals surface area contributed by atoms with E-state index < -0.39 is 11.5 Å². The van der Waals surface area contributed by atoms with E-state index in [2.05, 4.69) is 5.32 Å². The number of hydrogen-bond donors (Lipinski definition) is 2. The molecule has 1 aliphatic rings. The van der Waals surface area contributed by atoms with Crippen molar-refractivity contribution < 1.29 is 9.90 Å². The van der Waals surface area contributed by atoms with Crippen LogP contribution in [-0.4, -0.2) is 17.1 Å². The smallest absolute Gasteiger partial charge is 0.328 e. The first-order valence-corrected chi connectivity index (χ1v) is 7.60. The summed E-state index contributed by atoms with van der Waals surface area (Å²) >= 11 is 0. The predicted molar refractivity (Wildman–Crippen MR) is 80.8 cm³/mol. The molecule has 1 atom stereocenters. The fourth-order valence-electron chi connectivity index (χ4n) is 2.99. The maximum atomic E-state index is 11.8. The summed E-state index contributed by atoms with van der Waals surface area (Å²) in [6.07, 6.45) is 7.09. The maximum absolute atomic E-state index is 11.8. The SMILES string of the molecule is Cc1ccc(C(C)(NC2CCCCCC2)C(=O)O)cc1. The summed E-state index contributed by atoms with van der Waals surface area (Å²) in [4.78, 5) is 11.8. The molecule has 20 heavy (non-hydrogen) atoms. The number of rotatable bonds is 4. The molecule has 1 aromatic carbocycles. The van der Waals surface area contributed by atoms with E-state index in [-0.39, 0.29) is 0 Å². The van der Waals surface area contributed by atoms with E-state index in [9.17, 15) is 9.90 Å². The fourth-order valence-corrected chi connectivity index (χ4v) is 2.99. The monoisotopic (exact) mass is 275 g/mol. The predicted octanol–water partition coefficient (Wildman–Crippen LogP) is 3.61. The summed E-state index contributed by atoms with van der Waals surface area (Å²) in [6.45, 7) is 3.80. The van der Waals surface area contributed by atoms with Crippen molar-refractivity contribution in [2.75, 3.05) is 0 Å². The Hall–Kier alpha value is -1.35. The van der Waals surface area contributed by atoms with Crippen LogP contribution in [-0.2, 0) is 10.3 Å². The van der Waals surface area contributed by atoms with Crippen LogP contribution in [0.4, 0.5) is 0 Å². The lowest BCUT2D eigenvalue weighted by atomic mass is 9.89. The van der Waals surface area contributed by atoms with Crippen molar-refractivity contribution in [3.63, 3.8) is 0 Å². The molecule has 1 aromatic rings. The number of hydrogen-bond acceptors (Lipinski definition) is 2. The molecule has 1 fully saturated rings. The van der Waals surface area contributed by atoms with Crippen molar-refractivity contribution in [3.05, 3.63) is 35.4 Å². The third-order valence-electron chi connectivity index (χ3n) is 4.40. The largest absolute Gasteiger partial charge is 0.480 e. The van der Waals surface area contributed by atoms with Crippen LogP contribution in [0.25, 0.3) is 0 Å². The standard InChI is InChI=1S/C17H25NO2/c1-13-9-11-14(12-10-13)17(2,16(19)20)18-15-7-5-3-4-6-8-15/h9-12,15,18H,3-8H2,1-2H3,(H,19,20). The summed E-state index contributed by atoms with van der Waals surface area (Å²) in [5.41, 5.74) is 0.985. The molecule has 1 unspecified atom stereocenters. The van der Waals surface area contributed by atoms with E-state index in [0.29, 0.717) is 6.04 Å². The second-order valence-corrected chi connectivity index (χ2v) is 6.13. The van der Waals surface area contributed by atoms with Gasteiger partial charge in [-0.1, -0.05) is 55.5 Å². The highest BCUT2D eigenvalue weighted by Crippen LogP contribution is 2.26. The Labute approximate surface area is 121 Å². The molecule has 0 radical (unpaired) electrons. The van der Waals surface area contributed by atoms with Gasteiger partial charge in [0.15, 0.2) is 0 Å². The van der Waals surface area contributed by atoms with Crippen molar-refractivity contribution in [2.24, 2.45) is 0 Å². The van der Waals surface area contributed by atoms with Crippen molar-refractivity contribution in [2.45, 2.75) is 64.0 Å². The van der Waals surface area contributed by atoms with Gasteiger partial charge < -0.3 is 5.11 Å². The molecule has 3 heteroatoms. The fraction of sp³-hybridized carbons (Fsp3) is 0.588. The van der Waals surface area contributed by atoms with Gasteiger partial charge in [-0.25, -0.2) is 4.79 Å². The van der Waals surface area contributed by atoms with Gasteiger partial charge in [-0.15, -0.1) is 0 Å². The van der Waals surface area contributed by atoms with E-state index in [0.717, 1.165) is 24.0 Å². The van der Waals surface area contributed by atoms with Crippen molar-refractivity contribution in [1.29, 1.82) is 0 Å². The number of nitrogens with one attached hydrogen (secondary N) is 1. The summed E-state index contributed by atoms with van der Waals surface area (Å²) in [5, 5.41) is 13.1. The second-order valence-electron chi connectivity index (χ2n) is 6.13. The second kappa shape index (κ2) is 6.40. The minimum Gasteiger partial charge on any atom is -0.480 e. The molecule has 0 aromatic heterocycles. The van der Waals surface area contributed by atoms with Gasteiger partial charge in [-0.2, -0.15) is 0 Å². The quantitative estimate of drug-likeness (QED) is 0.825. The van der Waals surface area contributed by atoms with Crippen LogP contribution in [0, 0.1) is 6.92 Å². The average Bonchev–Trinajstić information content (AvgIpc) is 2.67. The summed E-state index contributed by atoms with van der Waals surface area (Å²) in [6, 6.07) is 8.11. The van der Waals surface area contributed by atoms with Gasteiger partial charge >= 0.3 is 5.97 Å².